The Balaban J connectivity index is 2.06. The van der Waals surface area contributed by atoms with Crippen LogP contribution in [0.3, 0.4) is 0 Å². The largest absolute Gasteiger partial charge is 0.357 e. The third-order valence-corrected chi connectivity index (χ3v) is 3.48. The summed E-state index contributed by atoms with van der Waals surface area (Å²) in [7, 11) is 0. The maximum Gasteiger partial charge on any atom is 0.274 e. The van der Waals surface area contributed by atoms with Crippen LogP contribution in [0.4, 0.5) is 5.69 Å². The summed E-state index contributed by atoms with van der Waals surface area (Å²) in [4.78, 5) is 15.2. The van der Waals surface area contributed by atoms with Crippen molar-refractivity contribution in [3.8, 4) is 0 Å². The summed E-state index contributed by atoms with van der Waals surface area (Å²) < 4.78 is 0. The normalized spacial score (nSPS) is 11.2. The predicted octanol–water partition coefficient (Wildman–Crippen LogP) is 3.16. The summed E-state index contributed by atoms with van der Waals surface area (Å²) >= 11 is 0. The minimum Gasteiger partial charge on any atom is -0.357 e. The number of hydrogen-bond donors (Lipinski definition) is 2. The van der Waals surface area contributed by atoms with Crippen LogP contribution in [0.15, 0.2) is 53.5 Å². The van der Waals surface area contributed by atoms with Crippen LogP contribution in [-0.4, -0.2) is 17.4 Å². The molecule has 6 nitrogen and oxygen atoms in total. The molecule has 0 saturated heterocycles. The topological polar surface area (TPSA) is 79.6 Å². The summed E-state index contributed by atoms with van der Waals surface area (Å²) in [5.41, 5.74) is 3.06. The number of nitrogens with zero attached hydrogens (tertiary/aromatic N) is 2. The molecule has 2 aromatic rings. The molecular formula is C18H22N4O2. The molecule has 0 spiro atoms. The maximum absolute atomic E-state index is 11.1. The van der Waals surface area contributed by atoms with Crippen molar-refractivity contribution in [3.05, 3.63) is 75.3 Å². The lowest BCUT2D eigenvalue weighted by atomic mass is 10.1. The first-order valence-corrected chi connectivity index (χ1v) is 7.90. The van der Waals surface area contributed by atoms with Gasteiger partial charge in [-0.05, 0) is 19.4 Å². The van der Waals surface area contributed by atoms with E-state index in [0.717, 1.165) is 12.1 Å². The molecule has 0 aliphatic carbocycles. The monoisotopic (exact) mass is 326 g/mol. The molecule has 0 bridgehead atoms. The van der Waals surface area contributed by atoms with Gasteiger partial charge in [-0.15, -0.1) is 0 Å². The standard InChI is InChI=1S/C18H22N4O2/c1-3-19-18(20-12-15-8-6-7-14(2)11-15)21-13-16-9-4-5-10-17(16)22(23)24/h4-11H,3,12-13H2,1-2H3,(H2,19,20,21). The quantitative estimate of drug-likeness (QED) is 0.370. The summed E-state index contributed by atoms with van der Waals surface area (Å²) in [6, 6.07) is 14.9. The fourth-order valence-corrected chi connectivity index (χ4v) is 2.34. The SMILES string of the molecule is CCNC(=NCc1cccc(C)c1)NCc1ccccc1[N+](=O)[O-]. The fourth-order valence-electron chi connectivity index (χ4n) is 2.34. The molecule has 0 amide bonds. The van der Waals surface area contributed by atoms with Crippen molar-refractivity contribution in [2.45, 2.75) is 26.9 Å². The molecule has 126 valence electrons. The number of rotatable bonds is 6. The van der Waals surface area contributed by atoms with Crippen LogP contribution in [0.2, 0.25) is 0 Å². The van der Waals surface area contributed by atoms with E-state index in [2.05, 4.69) is 21.7 Å². The molecule has 0 atom stereocenters. The van der Waals surface area contributed by atoms with Gasteiger partial charge >= 0.3 is 0 Å². The van der Waals surface area contributed by atoms with Gasteiger partial charge in [0, 0.05) is 24.7 Å². The average Bonchev–Trinajstić information content (AvgIpc) is 2.57. The van der Waals surface area contributed by atoms with Gasteiger partial charge in [0.2, 0.25) is 0 Å². The van der Waals surface area contributed by atoms with Crippen LogP contribution in [0.1, 0.15) is 23.6 Å². The second-order valence-corrected chi connectivity index (χ2v) is 5.42. The van der Waals surface area contributed by atoms with Gasteiger partial charge in [-0.2, -0.15) is 0 Å². The van der Waals surface area contributed by atoms with E-state index < -0.39 is 0 Å². The highest BCUT2D eigenvalue weighted by Crippen LogP contribution is 2.17. The molecule has 0 aliphatic rings. The summed E-state index contributed by atoms with van der Waals surface area (Å²) in [6.45, 7) is 5.64. The van der Waals surface area contributed by atoms with Crippen molar-refractivity contribution < 1.29 is 4.92 Å². The zero-order valence-corrected chi connectivity index (χ0v) is 14.0. The van der Waals surface area contributed by atoms with E-state index in [-0.39, 0.29) is 10.6 Å². The minimum absolute atomic E-state index is 0.111. The molecule has 2 aromatic carbocycles. The molecule has 0 heterocycles. The molecule has 0 aliphatic heterocycles. The average molecular weight is 326 g/mol. The van der Waals surface area contributed by atoms with Crippen molar-refractivity contribution in [2.75, 3.05) is 6.54 Å². The van der Waals surface area contributed by atoms with Crippen LogP contribution < -0.4 is 10.6 Å². The zero-order valence-electron chi connectivity index (χ0n) is 14.0. The number of para-hydroxylation sites is 1. The molecule has 0 aromatic heterocycles. The van der Waals surface area contributed by atoms with Crippen LogP contribution in [-0.2, 0) is 13.1 Å². The Kier molecular flexibility index (Phi) is 6.31. The highest BCUT2D eigenvalue weighted by Gasteiger charge is 2.12. The Hall–Kier alpha value is -2.89. The third kappa shape index (κ3) is 5.08. The van der Waals surface area contributed by atoms with Crippen molar-refractivity contribution in [3.63, 3.8) is 0 Å². The van der Waals surface area contributed by atoms with Gasteiger partial charge in [0.1, 0.15) is 0 Å². The molecule has 6 heteroatoms. The van der Waals surface area contributed by atoms with E-state index in [1.54, 1.807) is 18.2 Å². The lowest BCUT2D eigenvalue weighted by Gasteiger charge is -2.11. The Bertz CT molecular complexity index is 728. The third-order valence-electron chi connectivity index (χ3n) is 3.48. The molecule has 0 radical (unpaired) electrons. The van der Waals surface area contributed by atoms with Gasteiger partial charge in [0.15, 0.2) is 5.96 Å². The fraction of sp³-hybridized carbons (Fsp3) is 0.278. The first kappa shape index (κ1) is 17.5. The van der Waals surface area contributed by atoms with E-state index in [4.69, 9.17) is 0 Å². The van der Waals surface area contributed by atoms with Crippen molar-refractivity contribution in [1.29, 1.82) is 0 Å². The highest BCUT2D eigenvalue weighted by atomic mass is 16.6. The van der Waals surface area contributed by atoms with Crippen LogP contribution >= 0.6 is 0 Å². The van der Waals surface area contributed by atoms with E-state index in [9.17, 15) is 10.1 Å². The van der Waals surface area contributed by atoms with Gasteiger partial charge in [-0.1, -0.05) is 48.0 Å². The van der Waals surface area contributed by atoms with E-state index in [0.29, 0.717) is 24.6 Å². The van der Waals surface area contributed by atoms with Crippen molar-refractivity contribution >= 4 is 11.6 Å². The number of nitro benzene ring substituents is 1. The molecule has 0 saturated carbocycles. The zero-order chi connectivity index (χ0) is 17.4. The first-order valence-electron chi connectivity index (χ1n) is 7.90. The molecule has 24 heavy (non-hydrogen) atoms. The Labute approximate surface area is 141 Å². The molecule has 2 rings (SSSR count). The number of aryl methyl sites for hydroxylation is 1. The summed E-state index contributed by atoms with van der Waals surface area (Å²) in [6.07, 6.45) is 0. The van der Waals surface area contributed by atoms with Gasteiger partial charge < -0.3 is 10.6 Å². The summed E-state index contributed by atoms with van der Waals surface area (Å²) in [5, 5.41) is 17.4. The second kappa shape index (κ2) is 8.67. The Morgan fingerprint density at radius 2 is 1.96 bits per heavy atom. The molecule has 2 N–H and O–H groups in total. The van der Waals surface area contributed by atoms with E-state index in [1.807, 2.05) is 32.0 Å². The minimum atomic E-state index is -0.367. The lowest BCUT2D eigenvalue weighted by Crippen LogP contribution is -2.36. The van der Waals surface area contributed by atoms with Gasteiger partial charge in [0.05, 0.1) is 11.5 Å². The number of hydrogen-bond acceptors (Lipinski definition) is 3. The second-order valence-electron chi connectivity index (χ2n) is 5.42. The smallest absolute Gasteiger partial charge is 0.274 e. The highest BCUT2D eigenvalue weighted by molar-refractivity contribution is 5.79. The Morgan fingerprint density at radius 3 is 2.67 bits per heavy atom. The van der Waals surface area contributed by atoms with E-state index >= 15 is 0 Å². The van der Waals surface area contributed by atoms with Crippen LogP contribution in [0.5, 0.6) is 0 Å². The number of aliphatic imine (C=N–C) groups is 1. The molecular weight excluding hydrogens is 304 g/mol. The van der Waals surface area contributed by atoms with Crippen LogP contribution in [0.25, 0.3) is 0 Å². The van der Waals surface area contributed by atoms with Gasteiger partial charge in [-0.25, -0.2) is 4.99 Å². The number of benzene rings is 2. The number of nitrogens with one attached hydrogen (secondary N) is 2. The van der Waals surface area contributed by atoms with Gasteiger partial charge in [-0.3, -0.25) is 10.1 Å². The Morgan fingerprint density at radius 1 is 1.17 bits per heavy atom. The number of nitro groups is 1. The van der Waals surface area contributed by atoms with Crippen molar-refractivity contribution in [1.82, 2.24) is 10.6 Å². The first-order chi connectivity index (χ1) is 11.6. The predicted molar refractivity (Wildman–Crippen MR) is 95.9 cm³/mol. The van der Waals surface area contributed by atoms with Crippen LogP contribution in [0, 0.1) is 17.0 Å². The van der Waals surface area contributed by atoms with E-state index in [1.165, 1.54) is 11.6 Å². The number of guanidine groups is 1. The molecule has 0 fully saturated rings. The summed E-state index contributed by atoms with van der Waals surface area (Å²) in [5.74, 6) is 0.636. The van der Waals surface area contributed by atoms with Gasteiger partial charge in [0.25, 0.3) is 5.69 Å². The molecule has 0 unspecified atom stereocenters. The van der Waals surface area contributed by atoms with Crippen molar-refractivity contribution in [2.24, 2.45) is 4.99 Å². The maximum atomic E-state index is 11.1. The lowest BCUT2D eigenvalue weighted by molar-refractivity contribution is -0.385.